The van der Waals surface area contributed by atoms with E-state index in [-0.39, 0.29) is 6.04 Å². The van der Waals surface area contributed by atoms with Gasteiger partial charge in [0.2, 0.25) is 0 Å². The van der Waals surface area contributed by atoms with Crippen molar-refractivity contribution in [2.24, 2.45) is 0 Å². The van der Waals surface area contributed by atoms with Gasteiger partial charge in [-0.1, -0.05) is 113 Å². The number of thiazole rings is 1. The summed E-state index contributed by atoms with van der Waals surface area (Å²) in [7, 11) is 0. The highest BCUT2D eigenvalue weighted by Gasteiger charge is 2.22. The van der Waals surface area contributed by atoms with Crippen LogP contribution in [0.5, 0.6) is 0 Å². The van der Waals surface area contributed by atoms with Crippen LogP contribution in [0, 0.1) is 0 Å². The monoisotopic (exact) mass is 476 g/mol. The molecule has 35 heavy (non-hydrogen) atoms. The first-order chi connectivity index (χ1) is 17.0. The number of fused-ring (bicyclic) bond motifs is 1. The lowest BCUT2D eigenvalue weighted by molar-refractivity contribution is 0.820. The van der Waals surface area contributed by atoms with Gasteiger partial charge in [0.25, 0.3) is 0 Å². The molecular weight excluding hydrogens is 444 g/mol. The molecule has 4 aromatic carbocycles. The Labute approximate surface area is 212 Å². The first-order valence-electron chi connectivity index (χ1n) is 12.4. The molecule has 0 saturated carbocycles. The molecule has 0 aliphatic rings. The van der Waals surface area contributed by atoms with Crippen molar-refractivity contribution in [2.45, 2.75) is 45.6 Å². The number of hydrogen-bond acceptors (Lipinski definition) is 3. The second-order valence-corrected chi connectivity index (χ2v) is 10.6. The van der Waals surface area contributed by atoms with E-state index in [0.29, 0.717) is 11.8 Å². The summed E-state index contributed by atoms with van der Waals surface area (Å²) in [5.41, 5.74) is 7.35. The number of hydrogen-bond donors (Lipinski definition) is 1. The van der Waals surface area contributed by atoms with E-state index in [1.165, 1.54) is 33.2 Å². The number of anilines is 1. The fourth-order valence-corrected chi connectivity index (χ4v) is 5.60. The van der Waals surface area contributed by atoms with Crippen LogP contribution < -0.4 is 5.32 Å². The summed E-state index contributed by atoms with van der Waals surface area (Å²) in [5, 5.41) is 9.71. The Balaban J connectivity index is 1.58. The van der Waals surface area contributed by atoms with Gasteiger partial charge in [0.1, 0.15) is 11.0 Å². The van der Waals surface area contributed by atoms with Gasteiger partial charge in [-0.2, -0.15) is 0 Å². The first-order valence-corrected chi connectivity index (χ1v) is 13.3. The molecule has 0 aliphatic carbocycles. The van der Waals surface area contributed by atoms with Crippen LogP contribution in [-0.4, -0.2) is 4.98 Å². The van der Waals surface area contributed by atoms with Crippen molar-refractivity contribution in [3.05, 3.63) is 118 Å². The number of aromatic nitrogens is 1. The number of rotatable bonds is 7. The topological polar surface area (TPSA) is 24.9 Å². The fourth-order valence-electron chi connectivity index (χ4n) is 4.70. The van der Waals surface area contributed by atoms with E-state index in [9.17, 15) is 0 Å². The minimum Gasteiger partial charge on any atom is -0.372 e. The molecule has 0 radical (unpaired) electrons. The number of para-hydroxylation sites is 1. The average Bonchev–Trinajstić information content (AvgIpc) is 3.37. The van der Waals surface area contributed by atoms with Gasteiger partial charge >= 0.3 is 0 Å². The predicted octanol–water partition coefficient (Wildman–Crippen LogP) is 9.41. The molecule has 1 N–H and O–H groups in total. The van der Waals surface area contributed by atoms with E-state index in [0.717, 1.165) is 16.3 Å². The summed E-state index contributed by atoms with van der Waals surface area (Å²) in [6.07, 6.45) is 0. The highest BCUT2D eigenvalue weighted by molar-refractivity contribution is 7.10. The Morgan fingerprint density at radius 3 is 2.03 bits per heavy atom. The third kappa shape index (κ3) is 4.87. The van der Waals surface area contributed by atoms with Crippen LogP contribution in [-0.2, 0) is 0 Å². The Bertz CT molecular complexity index is 1410. The molecule has 3 heteroatoms. The molecule has 176 valence electrons. The molecule has 0 amide bonds. The summed E-state index contributed by atoms with van der Waals surface area (Å²) in [6.45, 7) is 9.07. The number of benzene rings is 4. The molecule has 0 saturated heterocycles. The molecule has 0 spiro atoms. The summed E-state index contributed by atoms with van der Waals surface area (Å²) < 4.78 is 0. The lowest BCUT2D eigenvalue weighted by Crippen LogP contribution is -2.16. The van der Waals surface area contributed by atoms with Crippen molar-refractivity contribution >= 4 is 27.8 Å². The largest absolute Gasteiger partial charge is 0.372 e. The van der Waals surface area contributed by atoms with Crippen molar-refractivity contribution < 1.29 is 0 Å². The van der Waals surface area contributed by atoms with E-state index in [1.807, 2.05) is 0 Å². The van der Waals surface area contributed by atoms with E-state index in [1.54, 1.807) is 11.3 Å². The Kier molecular flexibility index (Phi) is 6.70. The third-order valence-corrected chi connectivity index (χ3v) is 7.52. The highest BCUT2D eigenvalue weighted by Crippen LogP contribution is 2.38. The molecule has 1 heterocycles. The normalized spacial score (nSPS) is 12.4. The van der Waals surface area contributed by atoms with Crippen LogP contribution in [0.4, 0.5) is 5.69 Å². The Hall–Kier alpha value is -3.43. The third-order valence-electron chi connectivity index (χ3n) is 6.61. The second-order valence-electron chi connectivity index (χ2n) is 9.74. The summed E-state index contributed by atoms with van der Waals surface area (Å²) in [4.78, 5) is 5.17. The van der Waals surface area contributed by atoms with Gasteiger partial charge in [-0.25, -0.2) is 4.98 Å². The minimum atomic E-state index is -0.0205. The maximum absolute atomic E-state index is 5.17. The van der Waals surface area contributed by atoms with Crippen molar-refractivity contribution in [2.75, 3.05) is 5.32 Å². The van der Waals surface area contributed by atoms with E-state index >= 15 is 0 Å². The van der Waals surface area contributed by atoms with Gasteiger partial charge in [0.05, 0.1) is 5.69 Å². The zero-order valence-electron chi connectivity index (χ0n) is 20.8. The quantitative estimate of drug-likeness (QED) is 0.253. The predicted molar refractivity (Wildman–Crippen MR) is 152 cm³/mol. The average molecular weight is 477 g/mol. The molecule has 1 atom stereocenters. The van der Waals surface area contributed by atoms with Gasteiger partial charge in [0, 0.05) is 16.6 Å². The fraction of sp³-hybridized carbons (Fsp3) is 0.219. The molecule has 1 unspecified atom stereocenters. The Morgan fingerprint density at radius 2 is 1.34 bits per heavy atom. The summed E-state index contributed by atoms with van der Waals surface area (Å²) in [6, 6.07) is 32.5. The van der Waals surface area contributed by atoms with Crippen LogP contribution in [0.2, 0.25) is 0 Å². The number of nitrogens with one attached hydrogen (secondary N) is 1. The maximum atomic E-state index is 5.17. The highest BCUT2D eigenvalue weighted by atomic mass is 32.1. The van der Waals surface area contributed by atoms with Crippen LogP contribution >= 0.6 is 11.3 Å². The standard InChI is InChI=1S/C32H32N2S/c1-21(2)27-15-10-16-28(22(3)4)31(27)34-30(24-12-6-5-7-13-24)32-33-29(20-35-32)26-18-17-23-11-8-9-14-25(23)19-26/h5-22,30,34H,1-4H3. The molecular formula is C32H32N2S. The summed E-state index contributed by atoms with van der Waals surface area (Å²) in [5.74, 6) is 0.856. The van der Waals surface area contributed by atoms with Crippen LogP contribution in [0.25, 0.3) is 22.0 Å². The molecule has 0 aliphatic heterocycles. The molecule has 5 rings (SSSR count). The van der Waals surface area contributed by atoms with Gasteiger partial charge in [-0.3, -0.25) is 0 Å². The van der Waals surface area contributed by atoms with Crippen molar-refractivity contribution in [3.63, 3.8) is 0 Å². The van der Waals surface area contributed by atoms with E-state index in [4.69, 9.17) is 4.98 Å². The smallest absolute Gasteiger partial charge is 0.120 e. The maximum Gasteiger partial charge on any atom is 0.120 e. The zero-order chi connectivity index (χ0) is 24.4. The van der Waals surface area contributed by atoms with E-state index in [2.05, 4.69) is 129 Å². The van der Waals surface area contributed by atoms with Crippen molar-refractivity contribution in [3.8, 4) is 11.3 Å². The van der Waals surface area contributed by atoms with Crippen molar-refractivity contribution in [1.82, 2.24) is 4.98 Å². The van der Waals surface area contributed by atoms with Crippen LogP contribution in [0.1, 0.15) is 67.3 Å². The van der Waals surface area contributed by atoms with Gasteiger partial charge in [-0.05, 0) is 45.4 Å². The SMILES string of the molecule is CC(C)c1cccc(C(C)C)c1NC(c1ccccc1)c1nc(-c2ccc3ccccc3c2)cs1. The second kappa shape index (κ2) is 10.1. The molecule has 1 aromatic heterocycles. The minimum absolute atomic E-state index is 0.0205. The van der Waals surface area contributed by atoms with Gasteiger partial charge in [-0.15, -0.1) is 11.3 Å². The molecule has 2 nitrogen and oxygen atoms in total. The lowest BCUT2D eigenvalue weighted by atomic mass is 9.92. The number of nitrogens with zero attached hydrogens (tertiary/aromatic N) is 1. The molecule has 0 fully saturated rings. The van der Waals surface area contributed by atoms with E-state index < -0.39 is 0 Å². The van der Waals surface area contributed by atoms with Crippen LogP contribution in [0.3, 0.4) is 0 Å². The zero-order valence-corrected chi connectivity index (χ0v) is 21.6. The van der Waals surface area contributed by atoms with Crippen LogP contribution in [0.15, 0.2) is 96.4 Å². The first kappa shape index (κ1) is 23.3. The molecule has 0 bridgehead atoms. The van der Waals surface area contributed by atoms with Gasteiger partial charge < -0.3 is 5.32 Å². The summed E-state index contributed by atoms with van der Waals surface area (Å²) >= 11 is 1.73. The van der Waals surface area contributed by atoms with Crippen molar-refractivity contribution in [1.29, 1.82) is 0 Å². The Morgan fingerprint density at radius 1 is 0.686 bits per heavy atom. The van der Waals surface area contributed by atoms with Gasteiger partial charge in [0.15, 0.2) is 0 Å². The lowest BCUT2D eigenvalue weighted by Gasteiger charge is -2.26. The molecule has 5 aromatic rings.